The normalized spacial score (nSPS) is 16.2. The van der Waals surface area contributed by atoms with Gasteiger partial charge in [-0.05, 0) is 133 Å². The van der Waals surface area contributed by atoms with Crippen molar-refractivity contribution in [3.05, 3.63) is 181 Å². The zero-order valence-corrected chi connectivity index (χ0v) is 27.5. The highest BCUT2D eigenvalue weighted by Gasteiger charge is 2.24. The van der Waals surface area contributed by atoms with E-state index in [1.165, 1.54) is 53.5 Å². The summed E-state index contributed by atoms with van der Waals surface area (Å²) in [6.45, 7) is 0. The molecule has 0 radical (unpaired) electrons. The molecule has 0 atom stereocenters. The van der Waals surface area contributed by atoms with Crippen molar-refractivity contribution in [2.45, 2.75) is 37.5 Å². The van der Waals surface area contributed by atoms with E-state index < -0.39 is 0 Å². The largest absolute Gasteiger partial charge is 0.456 e. The van der Waals surface area contributed by atoms with Crippen LogP contribution in [0.25, 0.3) is 38.9 Å². The van der Waals surface area contributed by atoms with E-state index in [1.54, 1.807) is 0 Å². The van der Waals surface area contributed by atoms with Crippen LogP contribution in [0.15, 0.2) is 175 Å². The van der Waals surface area contributed by atoms with E-state index in [0.717, 1.165) is 39.4 Å². The molecule has 5 aromatic carbocycles. The van der Waals surface area contributed by atoms with Crippen LogP contribution in [0.4, 0.5) is 17.1 Å². The van der Waals surface area contributed by atoms with Gasteiger partial charge in [-0.3, -0.25) is 0 Å². The number of fused-ring (bicyclic) bond motifs is 2. The van der Waals surface area contributed by atoms with Crippen LogP contribution in [0.5, 0.6) is 0 Å². The van der Waals surface area contributed by atoms with Crippen molar-refractivity contribution in [3.8, 4) is 22.5 Å². The molecule has 3 nitrogen and oxygen atoms in total. The summed E-state index contributed by atoms with van der Waals surface area (Å²) in [7, 11) is 0. The van der Waals surface area contributed by atoms with Crippen LogP contribution in [0.1, 0.15) is 48.6 Å². The van der Waals surface area contributed by atoms with Gasteiger partial charge in [0.1, 0.15) is 11.3 Å². The molecule has 238 valence electrons. The van der Waals surface area contributed by atoms with Gasteiger partial charge < -0.3 is 13.7 Å². The van der Waals surface area contributed by atoms with Crippen LogP contribution in [0.2, 0.25) is 0 Å². The molecule has 8 aromatic rings. The molecule has 49 heavy (non-hydrogen) atoms. The minimum Gasteiger partial charge on any atom is -0.456 e. The number of benzene rings is 5. The summed E-state index contributed by atoms with van der Waals surface area (Å²) in [5.74, 6) is 2.18. The molecule has 0 N–H and O–H groups in total. The number of furan rings is 1. The van der Waals surface area contributed by atoms with Gasteiger partial charge in [0.25, 0.3) is 0 Å². The predicted molar refractivity (Wildman–Crippen MR) is 203 cm³/mol. The smallest absolute Gasteiger partial charge is 0.135 e. The fourth-order valence-electron chi connectivity index (χ4n) is 7.74. The second-order valence-corrected chi connectivity index (χ2v) is 13.4. The van der Waals surface area contributed by atoms with Crippen LogP contribution >= 0.6 is 0 Å². The summed E-state index contributed by atoms with van der Waals surface area (Å²) >= 11 is 0. The molecule has 3 aromatic heterocycles. The standard InChI is InChI=1S/C46H38N2O/c1-2-8-33(9-3-1)34-13-15-35(16-14-34)36-17-23-41(24-18-36)48(42-25-19-37(20-26-42)40-30-44-11-6-7-29-47(44)32-40)43-27-21-38(22-28-43)46-31-39-10-4-5-12-45(39)49-46/h1-12,17-32,34-35H,13-16H2. The summed E-state index contributed by atoms with van der Waals surface area (Å²) < 4.78 is 8.36. The Morgan fingerprint density at radius 2 is 1.06 bits per heavy atom. The van der Waals surface area contributed by atoms with Gasteiger partial charge in [-0.25, -0.2) is 0 Å². The SMILES string of the molecule is c1ccc(C2CCC(c3ccc(N(c4ccc(-c5cc6ccccn6c5)cc4)c4ccc(-c5cc6ccccc6o5)cc4)cc3)CC2)cc1. The van der Waals surface area contributed by atoms with Crippen molar-refractivity contribution in [1.82, 2.24) is 4.40 Å². The molecule has 0 saturated heterocycles. The highest BCUT2D eigenvalue weighted by atomic mass is 16.3. The first-order chi connectivity index (χ1) is 24.2. The number of nitrogens with zero attached hydrogens (tertiary/aromatic N) is 2. The summed E-state index contributed by atoms with van der Waals surface area (Å²) in [6, 6.07) is 56.9. The summed E-state index contributed by atoms with van der Waals surface area (Å²) in [6.07, 6.45) is 9.28. The van der Waals surface area contributed by atoms with Crippen LogP contribution in [-0.2, 0) is 0 Å². The third kappa shape index (κ3) is 5.83. The van der Waals surface area contributed by atoms with Crippen molar-refractivity contribution in [3.63, 3.8) is 0 Å². The minimum absolute atomic E-state index is 0.614. The summed E-state index contributed by atoms with van der Waals surface area (Å²) in [4.78, 5) is 2.36. The molecule has 3 heteroatoms. The highest BCUT2D eigenvalue weighted by molar-refractivity contribution is 5.84. The lowest BCUT2D eigenvalue weighted by atomic mass is 9.76. The van der Waals surface area contributed by atoms with Crippen LogP contribution in [0.3, 0.4) is 0 Å². The lowest BCUT2D eigenvalue weighted by Crippen LogP contribution is -2.13. The number of aromatic nitrogens is 1. The van der Waals surface area contributed by atoms with Gasteiger partial charge in [0.2, 0.25) is 0 Å². The average molecular weight is 635 g/mol. The first kappa shape index (κ1) is 29.3. The maximum Gasteiger partial charge on any atom is 0.135 e. The number of para-hydroxylation sites is 1. The molecule has 3 heterocycles. The maximum absolute atomic E-state index is 6.19. The zero-order valence-electron chi connectivity index (χ0n) is 27.5. The zero-order chi connectivity index (χ0) is 32.6. The van der Waals surface area contributed by atoms with E-state index in [1.807, 2.05) is 18.2 Å². The van der Waals surface area contributed by atoms with Gasteiger partial charge in [-0.1, -0.05) is 78.9 Å². The molecular formula is C46H38N2O. The molecule has 0 aliphatic heterocycles. The number of hydrogen-bond donors (Lipinski definition) is 0. The Morgan fingerprint density at radius 3 is 1.71 bits per heavy atom. The first-order valence-electron chi connectivity index (χ1n) is 17.5. The van der Waals surface area contributed by atoms with Crippen LogP contribution in [-0.4, -0.2) is 4.40 Å². The second-order valence-electron chi connectivity index (χ2n) is 13.4. The number of hydrogen-bond acceptors (Lipinski definition) is 2. The molecule has 1 aliphatic rings. The summed E-state index contributed by atoms with van der Waals surface area (Å²) in [5, 5.41) is 1.12. The van der Waals surface area contributed by atoms with Crippen LogP contribution in [0, 0.1) is 0 Å². The third-order valence-electron chi connectivity index (χ3n) is 10.4. The quantitative estimate of drug-likeness (QED) is 0.174. The fraction of sp³-hybridized carbons (Fsp3) is 0.130. The van der Waals surface area contributed by atoms with Gasteiger partial charge >= 0.3 is 0 Å². The maximum atomic E-state index is 6.19. The van der Waals surface area contributed by atoms with Crippen molar-refractivity contribution < 1.29 is 4.42 Å². The average Bonchev–Trinajstić information content (AvgIpc) is 3.82. The van der Waals surface area contributed by atoms with E-state index >= 15 is 0 Å². The molecule has 0 amide bonds. The molecule has 9 rings (SSSR count). The second kappa shape index (κ2) is 12.7. The Bertz CT molecular complexity index is 2140. The lowest BCUT2D eigenvalue weighted by molar-refractivity contribution is 0.396. The van der Waals surface area contributed by atoms with Crippen LogP contribution < -0.4 is 4.90 Å². The lowest BCUT2D eigenvalue weighted by Gasteiger charge is -2.30. The van der Waals surface area contributed by atoms with Crippen molar-refractivity contribution >= 4 is 33.5 Å². The third-order valence-corrected chi connectivity index (χ3v) is 10.4. The van der Waals surface area contributed by atoms with E-state index in [-0.39, 0.29) is 0 Å². The molecule has 0 spiro atoms. The van der Waals surface area contributed by atoms with Gasteiger partial charge in [0, 0.05) is 51.5 Å². The predicted octanol–water partition coefficient (Wildman–Crippen LogP) is 12.9. The molecule has 1 fully saturated rings. The molecule has 1 aliphatic carbocycles. The van der Waals surface area contributed by atoms with Crippen molar-refractivity contribution in [2.24, 2.45) is 0 Å². The number of rotatable bonds is 7. The fourth-order valence-corrected chi connectivity index (χ4v) is 7.74. The van der Waals surface area contributed by atoms with Crippen molar-refractivity contribution in [2.75, 3.05) is 4.90 Å². The minimum atomic E-state index is 0.614. The van der Waals surface area contributed by atoms with Gasteiger partial charge in [0.05, 0.1) is 0 Å². The Balaban J connectivity index is 1.02. The number of pyridine rings is 1. The van der Waals surface area contributed by atoms with E-state index in [4.69, 9.17) is 4.42 Å². The van der Waals surface area contributed by atoms with Gasteiger partial charge in [-0.15, -0.1) is 0 Å². The van der Waals surface area contributed by atoms with E-state index in [0.29, 0.717) is 11.8 Å². The monoisotopic (exact) mass is 634 g/mol. The Hall–Kier alpha value is -5.80. The van der Waals surface area contributed by atoms with E-state index in [9.17, 15) is 0 Å². The first-order valence-corrected chi connectivity index (χ1v) is 17.5. The number of anilines is 3. The molecule has 0 bridgehead atoms. The highest BCUT2D eigenvalue weighted by Crippen LogP contribution is 2.42. The Kier molecular flexibility index (Phi) is 7.59. The van der Waals surface area contributed by atoms with Crippen molar-refractivity contribution in [1.29, 1.82) is 0 Å². The molecule has 0 unspecified atom stereocenters. The summed E-state index contributed by atoms with van der Waals surface area (Å²) in [5.41, 5.74) is 11.9. The van der Waals surface area contributed by atoms with E-state index in [2.05, 4.69) is 161 Å². The Labute approximate surface area is 287 Å². The topological polar surface area (TPSA) is 20.8 Å². The molecule has 1 saturated carbocycles. The van der Waals surface area contributed by atoms with Gasteiger partial charge in [0.15, 0.2) is 0 Å². The molecular weight excluding hydrogens is 597 g/mol. The Morgan fingerprint density at radius 1 is 0.490 bits per heavy atom. The van der Waals surface area contributed by atoms with Gasteiger partial charge in [-0.2, -0.15) is 0 Å².